The first-order valence-corrected chi connectivity index (χ1v) is 4.61. The van der Waals surface area contributed by atoms with Gasteiger partial charge in [-0.3, -0.25) is 0 Å². The third-order valence-corrected chi connectivity index (χ3v) is 1.22. The summed E-state index contributed by atoms with van der Waals surface area (Å²) in [5.74, 6) is -1.93. The molecule has 90 valence electrons. The summed E-state index contributed by atoms with van der Waals surface area (Å²) in [4.78, 5) is 26.9. The van der Waals surface area contributed by atoms with Gasteiger partial charge < -0.3 is 20.0 Å². The fourth-order valence-corrected chi connectivity index (χ4v) is 0.703. The van der Waals surface area contributed by atoms with Gasteiger partial charge >= 0.3 is 11.9 Å². The lowest BCUT2D eigenvalue weighted by Crippen LogP contribution is -2.12. The number of nitrogens with zero attached hydrogens (tertiary/aromatic N) is 1. The average molecular weight is 230 g/mol. The van der Waals surface area contributed by atoms with Crippen LogP contribution in [0.4, 0.5) is 0 Å². The average Bonchev–Trinajstić information content (AvgIpc) is 2.24. The molecule has 0 aliphatic rings. The molecule has 0 heterocycles. The van der Waals surface area contributed by atoms with Crippen LogP contribution in [-0.4, -0.2) is 31.5 Å². The van der Waals surface area contributed by atoms with Crippen molar-refractivity contribution in [2.75, 3.05) is 13.2 Å². The van der Waals surface area contributed by atoms with E-state index in [-0.39, 0.29) is 19.0 Å². The molecule has 0 saturated carbocycles. The number of rotatable bonds is 6. The molecule has 0 saturated heterocycles. The van der Waals surface area contributed by atoms with Gasteiger partial charge in [0.1, 0.15) is 6.34 Å². The Morgan fingerprint density at radius 2 is 1.88 bits per heavy atom. The lowest BCUT2D eigenvalue weighted by atomic mass is 10.4. The van der Waals surface area contributed by atoms with Crippen LogP contribution in [0.1, 0.15) is 13.8 Å². The molecule has 0 bridgehead atoms. The highest BCUT2D eigenvalue weighted by atomic mass is 16.7. The predicted molar refractivity (Wildman–Crippen MR) is 55.1 cm³/mol. The van der Waals surface area contributed by atoms with E-state index in [2.05, 4.69) is 19.5 Å². The van der Waals surface area contributed by atoms with Gasteiger partial charge in [0.05, 0.1) is 19.3 Å². The van der Waals surface area contributed by atoms with Gasteiger partial charge in [-0.2, -0.15) is 0 Å². The minimum absolute atomic E-state index is 0.148. The summed E-state index contributed by atoms with van der Waals surface area (Å²) in [6, 6.07) is 0. The minimum atomic E-state index is -0.818. The van der Waals surface area contributed by atoms with Gasteiger partial charge in [-0.1, -0.05) is 5.16 Å². The standard InChI is InChI=1S/C9H14N2O5/c1-3-14-8(12)5-7(16-11-6-10)9(13)15-4-2/h5-6H,3-4H2,1-2H3,(H2,10,11)/b7-5+. The molecule has 0 rings (SSSR count). The highest BCUT2D eigenvalue weighted by Crippen LogP contribution is 2.02. The SMILES string of the molecule is CCOC(=O)/C=C(/O/N=C\N)C(=O)OCC. The zero-order chi connectivity index (χ0) is 12.4. The van der Waals surface area contributed by atoms with Gasteiger partial charge in [0, 0.05) is 0 Å². The van der Waals surface area contributed by atoms with Gasteiger partial charge in [0.2, 0.25) is 5.76 Å². The molecule has 0 unspecified atom stereocenters. The molecule has 0 aliphatic heterocycles. The number of carbonyl (C=O) groups excluding carboxylic acids is 2. The maximum absolute atomic E-state index is 11.3. The number of oxime groups is 1. The molecule has 0 radical (unpaired) electrons. The number of ether oxygens (including phenoxy) is 2. The van der Waals surface area contributed by atoms with Gasteiger partial charge in [-0.15, -0.1) is 0 Å². The number of hydrogen-bond donors (Lipinski definition) is 1. The molecule has 0 aromatic heterocycles. The fourth-order valence-electron chi connectivity index (χ4n) is 0.703. The highest BCUT2D eigenvalue weighted by Gasteiger charge is 2.15. The Bertz CT molecular complexity index is 298. The molecule has 0 fully saturated rings. The van der Waals surface area contributed by atoms with Crippen LogP contribution in [-0.2, 0) is 23.9 Å². The topological polar surface area (TPSA) is 100 Å². The summed E-state index contributed by atoms with van der Waals surface area (Å²) in [6.07, 6.45) is 1.67. The van der Waals surface area contributed by atoms with Crippen LogP contribution in [0, 0.1) is 0 Å². The van der Waals surface area contributed by atoms with E-state index in [4.69, 9.17) is 5.73 Å². The Labute approximate surface area is 92.8 Å². The van der Waals surface area contributed by atoms with Crippen molar-refractivity contribution >= 4 is 18.3 Å². The largest absolute Gasteiger partial charge is 0.463 e. The second-order valence-electron chi connectivity index (χ2n) is 2.33. The maximum Gasteiger partial charge on any atom is 0.377 e. The molecule has 0 spiro atoms. The first-order valence-electron chi connectivity index (χ1n) is 4.61. The normalized spacial score (nSPS) is 11.2. The van der Waals surface area contributed by atoms with Crippen molar-refractivity contribution in [3.05, 3.63) is 11.8 Å². The smallest absolute Gasteiger partial charge is 0.377 e. The Morgan fingerprint density at radius 1 is 1.25 bits per heavy atom. The van der Waals surface area contributed by atoms with E-state index in [1.807, 2.05) is 0 Å². The minimum Gasteiger partial charge on any atom is -0.463 e. The predicted octanol–water partition coefficient (Wildman–Crippen LogP) is -0.0849. The quantitative estimate of drug-likeness (QED) is 0.171. The van der Waals surface area contributed by atoms with Crippen LogP contribution >= 0.6 is 0 Å². The molecule has 0 atom stereocenters. The molecule has 2 N–H and O–H groups in total. The summed E-state index contributed by atoms with van der Waals surface area (Å²) in [5.41, 5.74) is 4.93. The molecule has 16 heavy (non-hydrogen) atoms. The summed E-state index contributed by atoms with van der Waals surface area (Å²) < 4.78 is 9.22. The van der Waals surface area contributed by atoms with Gasteiger partial charge in [-0.25, -0.2) is 9.59 Å². The Morgan fingerprint density at radius 3 is 2.38 bits per heavy atom. The van der Waals surface area contributed by atoms with Crippen molar-refractivity contribution in [3.63, 3.8) is 0 Å². The van der Waals surface area contributed by atoms with E-state index >= 15 is 0 Å². The number of esters is 2. The van der Waals surface area contributed by atoms with Crippen molar-refractivity contribution in [1.29, 1.82) is 0 Å². The lowest BCUT2D eigenvalue weighted by Gasteiger charge is -2.03. The van der Waals surface area contributed by atoms with Crippen LogP contribution in [0.2, 0.25) is 0 Å². The monoisotopic (exact) mass is 230 g/mol. The van der Waals surface area contributed by atoms with E-state index < -0.39 is 11.9 Å². The summed E-state index contributed by atoms with van der Waals surface area (Å²) in [7, 11) is 0. The van der Waals surface area contributed by atoms with Crippen molar-refractivity contribution < 1.29 is 23.9 Å². The maximum atomic E-state index is 11.3. The van der Waals surface area contributed by atoms with Gasteiger partial charge in [0.25, 0.3) is 0 Å². The van der Waals surface area contributed by atoms with Crippen LogP contribution in [0.3, 0.4) is 0 Å². The van der Waals surface area contributed by atoms with Crippen molar-refractivity contribution in [3.8, 4) is 0 Å². The fraction of sp³-hybridized carbons (Fsp3) is 0.444. The first kappa shape index (κ1) is 13.9. The van der Waals surface area contributed by atoms with Crippen molar-refractivity contribution in [2.45, 2.75) is 13.8 Å². The molecule has 7 heteroatoms. The summed E-state index contributed by atoms with van der Waals surface area (Å²) in [5, 5.41) is 3.16. The zero-order valence-corrected chi connectivity index (χ0v) is 9.13. The Kier molecular flexibility index (Phi) is 7.21. The van der Waals surface area contributed by atoms with Crippen LogP contribution in [0.15, 0.2) is 17.0 Å². The van der Waals surface area contributed by atoms with E-state index in [1.165, 1.54) is 0 Å². The molecular formula is C9H14N2O5. The van der Waals surface area contributed by atoms with E-state index in [0.717, 1.165) is 12.4 Å². The third kappa shape index (κ3) is 5.63. The number of hydrogen-bond acceptors (Lipinski definition) is 6. The van der Waals surface area contributed by atoms with E-state index in [9.17, 15) is 9.59 Å². The molecule has 0 amide bonds. The second kappa shape index (κ2) is 8.27. The highest BCUT2D eigenvalue weighted by molar-refractivity contribution is 5.94. The third-order valence-electron chi connectivity index (χ3n) is 1.22. The molecule has 7 nitrogen and oxygen atoms in total. The summed E-state index contributed by atoms with van der Waals surface area (Å²) in [6.45, 7) is 3.58. The van der Waals surface area contributed by atoms with E-state index in [1.54, 1.807) is 13.8 Å². The van der Waals surface area contributed by atoms with Gasteiger partial charge in [-0.05, 0) is 13.8 Å². The van der Waals surface area contributed by atoms with Crippen LogP contribution < -0.4 is 5.73 Å². The van der Waals surface area contributed by atoms with Crippen molar-refractivity contribution in [1.82, 2.24) is 0 Å². The lowest BCUT2D eigenvalue weighted by molar-refractivity contribution is -0.144. The Balaban J connectivity index is 4.64. The summed E-state index contributed by atoms with van der Waals surface area (Å²) >= 11 is 0. The van der Waals surface area contributed by atoms with Crippen LogP contribution in [0.5, 0.6) is 0 Å². The first-order chi connectivity index (χ1) is 7.65. The zero-order valence-electron chi connectivity index (χ0n) is 9.13. The number of nitrogens with two attached hydrogens (primary N) is 1. The molecular weight excluding hydrogens is 216 g/mol. The second-order valence-corrected chi connectivity index (χ2v) is 2.33. The van der Waals surface area contributed by atoms with E-state index in [0.29, 0.717) is 0 Å². The molecule has 0 aromatic rings. The number of carbonyl (C=O) groups is 2. The van der Waals surface area contributed by atoms with Crippen molar-refractivity contribution in [2.24, 2.45) is 10.9 Å². The van der Waals surface area contributed by atoms with Gasteiger partial charge in [0.15, 0.2) is 0 Å². The Hall–Kier alpha value is -2.05. The molecule has 0 aromatic carbocycles. The van der Waals surface area contributed by atoms with Crippen LogP contribution in [0.25, 0.3) is 0 Å². The molecule has 0 aliphatic carbocycles.